The lowest BCUT2D eigenvalue weighted by Crippen LogP contribution is -2.36. The monoisotopic (exact) mass is 332 g/mol. The van der Waals surface area contributed by atoms with E-state index in [1.165, 1.54) is 0 Å². The smallest absolute Gasteiger partial charge is 0.227 e. The molecular weight excluding hydrogens is 304 g/mol. The van der Waals surface area contributed by atoms with Gasteiger partial charge in [-0.25, -0.2) is 0 Å². The number of ether oxygens (including phenoxy) is 1. The summed E-state index contributed by atoms with van der Waals surface area (Å²) in [5.74, 6) is 1.37. The van der Waals surface area contributed by atoms with Crippen molar-refractivity contribution in [2.75, 3.05) is 19.0 Å². The zero-order chi connectivity index (χ0) is 17.5. The topological polar surface area (TPSA) is 67.4 Å². The Morgan fingerprint density at radius 1 is 1.12 bits per heavy atom. The van der Waals surface area contributed by atoms with E-state index in [0.717, 1.165) is 43.7 Å². The molecule has 0 aromatic heterocycles. The van der Waals surface area contributed by atoms with Gasteiger partial charge in [-0.1, -0.05) is 19.9 Å². The Morgan fingerprint density at radius 2 is 1.75 bits per heavy atom. The highest BCUT2D eigenvalue weighted by Crippen LogP contribution is 2.30. The van der Waals surface area contributed by atoms with Gasteiger partial charge >= 0.3 is 0 Å². The van der Waals surface area contributed by atoms with E-state index in [2.05, 4.69) is 24.5 Å². The first-order valence-electron chi connectivity index (χ1n) is 8.72. The fourth-order valence-electron chi connectivity index (χ4n) is 3.01. The fraction of sp³-hybridized carbons (Fsp3) is 0.579. The average Bonchev–Trinajstić information content (AvgIpc) is 2.59. The number of nitrogens with one attached hydrogen (secondary N) is 2. The summed E-state index contributed by atoms with van der Waals surface area (Å²) in [6.45, 7) is 4.88. The molecular formula is C19H28N2O3. The molecule has 132 valence electrons. The van der Waals surface area contributed by atoms with Crippen LogP contribution < -0.4 is 15.4 Å². The van der Waals surface area contributed by atoms with E-state index >= 15 is 0 Å². The quantitative estimate of drug-likeness (QED) is 0.840. The van der Waals surface area contributed by atoms with Crippen LogP contribution in [0.15, 0.2) is 24.3 Å². The molecule has 1 aliphatic carbocycles. The van der Waals surface area contributed by atoms with Gasteiger partial charge in [0.05, 0.1) is 7.11 Å². The van der Waals surface area contributed by atoms with Gasteiger partial charge < -0.3 is 15.4 Å². The molecule has 5 heteroatoms. The second-order valence-electron chi connectivity index (χ2n) is 6.91. The number of carbonyl (C=O) groups is 2. The molecule has 0 unspecified atom stereocenters. The van der Waals surface area contributed by atoms with Gasteiger partial charge in [-0.15, -0.1) is 0 Å². The van der Waals surface area contributed by atoms with Crippen LogP contribution in [-0.4, -0.2) is 25.5 Å². The maximum Gasteiger partial charge on any atom is 0.227 e. The Balaban J connectivity index is 1.81. The average molecular weight is 332 g/mol. The summed E-state index contributed by atoms with van der Waals surface area (Å²) in [6, 6.07) is 7.36. The highest BCUT2D eigenvalue weighted by Gasteiger charge is 2.29. The minimum Gasteiger partial charge on any atom is -0.497 e. The highest BCUT2D eigenvalue weighted by molar-refractivity contribution is 5.93. The molecule has 2 rings (SSSR count). The molecule has 0 bridgehead atoms. The van der Waals surface area contributed by atoms with Gasteiger partial charge in [-0.3, -0.25) is 9.59 Å². The molecule has 1 aromatic rings. The molecule has 24 heavy (non-hydrogen) atoms. The third-order valence-corrected chi connectivity index (χ3v) is 4.49. The van der Waals surface area contributed by atoms with Gasteiger partial charge in [0.15, 0.2) is 0 Å². The van der Waals surface area contributed by atoms with Crippen molar-refractivity contribution in [1.29, 1.82) is 0 Å². The first-order valence-corrected chi connectivity index (χ1v) is 8.72. The lowest BCUT2D eigenvalue weighted by Gasteiger charge is -2.27. The number of rotatable bonds is 6. The third kappa shape index (κ3) is 5.25. The van der Waals surface area contributed by atoms with Crippen LogP contribution in [0.5, 0.6) is 5.75 Å². The first-order chi connectivity index (χ1) is 11.5. The Kier molecular flexibility index (Phi) is 6.64. The zero-order valence-electron chi connectivity index (χ0n) is 14.8. The lowest BCUT2D eigenvalue weighted by atomic mass is 9.81. The minimum absolute atomic E-state index is 0.0228. The summed E-state index contributed by atoms with van der Waals surface area (Å²) < 4.78 is 5.17. The normalized spacial score (nSPS) is 20.5. The number of hydrogen-bond acceptors (Lipinski definition) is 3. The van der Waals surface area contributed by atoms with Crippen LogP contribution in [0.1, 0.15) is 39.5 Å². The largest absolute Gasteiger partial charge is 0.497 e. The molecule has 2 amide bonds. The van der Waals surface area contributed by atoms with Crippen molar-refractivity contribution in [2.24, 2.45) is 17.8 Å². The number of methoxy groups -OCH3 is 1. The number of benzene rings is 1. The van der Waals surface area contributed by atoms with Crippen molar-refractivity contribution in [3.8, 4) is 5.75 Å². The maximum atomic E-state index is 12.4. The second-order valence-corrected chi connectivity index (χ2v) is 6.91. The van der Waals surface area contributed by atoms with Crippen LogP contribution in [0, 0.1) is 17.8 Å². The first kappa shape index (κ1) is 18.3. The van der Waals surface area contributed by atoms with E-state index in [0.29, 0.717) is 5.92 Å². The summed E-state index contributed by atoms with van der Waals surface area (Å²) in [5.41, 5.74) is 0.746. The Bertz CT molecular complexity index is 563. The number of carbonyl (C=O) groups excluding carboxylic acids is 2. The Morgan fingerprint density at radius 3 is 2.33 bits per heavy atom. The molecule has 1 fully saturated rings. The van der Waals surface area contributed by atoms with E-state index in [-0.39, 0.29) is 23.7 Å². The van der Waals surface area contributed by atoms with Crippen LogP contribution in [-0.2, 0) is 9.59 Å². The van der Waals surface area contributed by atoms with Crippen LogP contribution in [0.4, 0.5) is 5.69 Å². The van der Waals surface area contributed by atoms with E-state index in [4.69, 9.17) is 4.74 Å². The lowest BCUT2D eigenvalue weighted by molar-refractivity contribution is -0.128. The summed E-state index contributed by atoms with van der Waals surface area (Å²) >= 11 is 0. The van der Waals surface area contributed by atoms with Gasteiger partial charge in [0, 0.05) is 30.1 Å². The van der Waals surface area contributed by atoms with Gasteiger partial charge in [0.2, 0.25) is 11.8 Å². The van der Waals surface area contributed by atoms with E-state index < -0.39 is 0 Å². The van der Waals surface area contributed by atoms with Gasteiger partial charge in [-0.2, -0.15) is 0 Å². The SMILES string of the molecule is COc1cccc(NC(=O)C2CCC(C(=O)NCC(C)C)CC2)c1. The standard InChI is InChI=1S/C19H28N2O3/c1-13(2)12-20-18(22)14-7-9-15(10-8-14)19(23)21-16-5-4-6-17(11-16)24-3/h4-6,11,13-15H,7-10,12H2,1-3H3,(H,20,22)(H,21,23). The molecule has 0 heterocycles. The van der Waals surface area contributed by atoms with Gasteiger partial charge in [-0.05, 0) is 43.7 Å². The third-order valence-electron chi connectivity index (χ3n) is 4.49. The molecule has 5 nitrogen and oxygen atoms in total. The zero-order valence-corrected chi connectivity index (χ0v) is 14.8. The summed E-state index contributed by atoms with van der Waals surface area (Å²) in [6.07, 6.45) is 3.07. The van der Waals surface area contributed by atoms with Crippen LogP contribution in [0.2, 0.25) is 0 Å². The molecule has 0 aliphatic heterocycles. The maximum absolute atomic E-state index is 12.4. The summed E-state index contributed by atoms with van der Waals surface area (Å²) in [4.78, 5) is 24.5. The van der Waals surface area contributed by atoms with Crippen LogP contribution in [0.25, 0.3) is 0 Å². The summed E-state index contributed by atoms with van der Waals surface area (Å²) in [5, 5.41) is 5.95. The number of amides is 2. The van der Waals surface area contributed by atoms with Crippen molar-refractivity contribution < 1.29 is 14.3 Å². The van der Waals surface area contributed by atoms with E-state index in [1.807, 2.05) is 24.3 Å². The Labute approximate surface area is 144 Å². The highest BCUT2D eigenvalue weighted by atomic mass is 16.5. The molecule has 0 spiro atoms. The molecule has 0 radical (unpaired) electrons. The van der Waals surface area contributed by atoms with Crippen molar-refractivity contribution in [3.63, 3.8) is 0 Å². The van der Waals surface area contributed by atoms with Crippen molar-refractivity contribution in [1.82, 2.24) is 5.32 Å². The van der Waals surface area contributed by atoms with Crippen molar-refractivity contribution in [2.45, 2.75) is 39.5 Å². The minimum atomic E-state index is -0.0228. The molecule has 1 aromatic carbocycles. The number of anilines is 1. The summed E-state index contributed by atoms with van der Waals surface area (Å²) in [7, 11) is 1.60. The van der Waals surface area contributed by atoms with E-state index in [1.54, 1.807) is 7.11 Å². The van der Waals surface area contributed by atoms with Crippen LogP contribution >= 0.6 is 0 Å². The van der Waals surface area contributed by atoms with Crippen LogP contribution in [0.3, 0.4) is 0 Å². The van der Waals surface area contributed by atoms with E-state index in [9.17, 15) is 9.59 Å². The predicted molar refractivity (Wildman–Crippen MR) is 94.9 cm³/mol. The second kappa shape index (κ2) is 8.71. The van der Waals surface area contributed by atoms with Crippen molar-refractivity contribution >= 4 is 17.5 Å². The fourth-order valence-corrected chi connectivity index (χ4v) is 3.01. The van der Waals surface area contributed by atoms with Gasteiger partial charge in [0.25, 0.3) is 0 Å². The van der Waals surface area contributed by atoms with Crippen molar-refractivity contribution in [3.05, 3.63) is 24.3 Å². The molecule has 2 N–H and O–H groups in total. The number of hydrogen-bond donors (Lipinski definition) is 2. The van der Waals surface area contributed by atoms with Gasteiger partial charge in [0.1, 0.15) is 5.75 Å². The molecule has 1 aliphatic rings. The Hall–Kier alpha value is -2.04. The molecule has 0 saturated heterocycles. The molecule has 1 saturated carbocycles. The predicted octanol–water partition coefficient (Wildman–Crippen LogP) is 3.21. The molecule has 0 atom stereocenters.